The Hall–Kier alpha value is -1.52. The highest BCUT2D eigenvalue weighted by atomic mass is 31.2. The number of phosphoric acid groups is 1. The summed E-state index contributed by atoms with van der Waals surface area (Å²) in [7, 11) is -4.72. The predicted octanol–water partition coefficient (Wildman–Crippen LogP) is 7.61. The van der Waals surface area contributed by atoms with Gasteiger partial charge in [-0.2, -0.15) is 0 Å². The minimum Gasteiger partial charge on any atom is -0.480 e. The maximum atomic E-state index is 12.2. The number of carboxylic acids is 1. The van der Waals surface area contributed by atoms with Crippen LogP contribution >= 0.6 is 7.82 Å². The number of rotatable bonds is 33. The van der Waals surface area contributed by atoms with Crippen LogP contribution in [0.25, 0.3) is 0 Å². The van der Waals surface area contributed by atoms with Gasteiger partial charge < -0.3 is 25.2 Å². The molecule has 0 aromatic rings. The number of hydrogen-bond donors (Lipinski definition) is 4. The normalized spacial score (nSPS) is 14.0. The molecule has 3 unspecified atom stereocenters. The van der Waals surface area contributed by atoms with Gasteiger partial charge in [0.2, 0.25) is 5.91 Å². The number of aliphatic hydroxyl groups is 1. The molecule has 0 aliphatic heterocycles. The van der Waals surface area contributed by atoms with Crippen molar-refractivity contribution in [3.63, 3.8) is 0 Å². The maximum absolute atomic E-state index is 12.2. The lowest BCUT2D eigenvalue weighted by atomic mass is 10.0. The van der Waals surface area contributed by atoms with Gasteiger partial charge in [0.25, 0.3) is 0 Å². The van der Waals surface area contributed by atoms with Gasteiger partial charge in [0.15, 0.2) is 6.04 Å². The molecule has 0 aromatic carbocycles. The number of ether oxygens (including phenoxy) is 1. The molecule has 1 amide bonds. The molecule has 0 heterocycles. The minimum absolute atomic E-state index is 0.152. The smallest absolute Gasteiger partial charge is 0.472 e. The molecule has 12 heteroatoms. The van der Waals surface area contributed by atoms with Gasteiger partial charge in [-0.1, -0.05) is 136 Å². The van der Waals surface area contributed by atoms with Crippen LogP contribution in [0.15, 0.2) is 0 Å². The molecule has 0 aromatic heterocycles. The van der Waals surface area contributed by atoms with Crippen LogP contribution in [-0.4, -0.2) is 64.9 Å². The van der Waals surface area contributed by atoms with Crippen molar-refractivity contribution < 1.29 is 47.8 Å². The van der Waals surface area contributed by atoms with E-state index in [4.69, 9.17) is 9.26 Å². The number of amides is 1. The fraction of sp³-hybridized carbons (Fsp3) is 0.909. The van der Waals surface area contributed by atoms with Crippen LogP contribution in [0.2, 0.25) is 0 Å². The number of hydrogen-bond acceptors (Lipinski definition) is 8. The van der Waals surface area contributed by atoms with E-state index in [2.05, 4.69) is 16.8 Å². The third-order valence-corrected chi connectivity index (χ3v) is 8.60. The molecular formula is C33H64NO10P. The monoisotopic (exact) mass is 665 g/mol. The summed E-state index contributed by atoms with van der Waals surface area (Å²) in [6.07, 6.45) is 23.8. The van der Waals surface area contributed by atoms with Gasteiger partial charge in [0, 0.05) is 12.8 Å². The average molecular weight is 666 g/mol. The molecule has 4 N–H and O–H groups in total. The zero-order chi connectivity index (χ0) is 33.6. The molecule has 0 saturated heterocycles. The second-order valence-electron chi connectivity index (χ2n) is 12.1. The van der Waals surface area contributed by atoms with Crippen LogP contribution in [0.1, 0.15) is 162 Å². The Labute approximate surface area is 272 Å². The zero-order valence-electron chi connectivity index (χ0n) is 28.2. The van der Waals surface area contributed by atoms with E-state index in [1.54, 1.807) is 0 Å². The third kappa shape index (κ3) is 29.6. The summed E-state index contributed by atoms with van der Waals surface area (Å²) in [6, 6.07) is -1.54. The molecule has 3 atom stereocenters. The minimum atomic E-state index is -4.72. The molecule has 0 aliphatic carbocycles. The second kappa shape index (κ2) is 29.9. The standard InChI is InChI=1S/C33H64NO10P/c1-3-5-7-8-9-10-11-12-13-14-15-16-17-18-19-20-21-23-24-31(36)34-30(33(38)39)28-44-45(40,41)43-27-29(35)26-42-32(37)25-22-6-4-2/h29-30,35H,3-28H2,1-2H3,(H,34,36)(H,38,39)(H,40,41). The number of aliphatic carboxylic acids is 1. The Morgan fingerprint density at radius 3 is 1.49 bits per heavy atom. The molecule has 0 radical (unpaired) electrons. The number of carbonyl (C=O) groups is 3. The number of esters is 1. The first-order valence-electron chi connectivity index (χ1n) is 17.6. The van der Waals surface area contributed by atoms with Crippen molar-refractivity contribution >= 4 is 25.7 Å². The molecular weight excluding hydrogens is 601 g/mol. The zero-order valence-corrected chi connectivity index (χ0v) is 29.1. The fourth-order valence-corrected chi connectivity index (χ4v) is 5.62. The van der Waals surface area contributed by atoms with Gasteiger partial charge in [0.05, 0.1) is 13.2 Å². The van der Waals surface area contributed by atoms with Crippen LogP contribution in [-0.2, 0) is 32.7 Å². The van der Waals surface area contributed by atoms with Crippen LogP contribution in [0.4, 0.5) is 0 Å². The number of carbonyl (C=O) groups excluding carboxylic acids is 2. The third-order valence-electron chi connectivity index (χ3n) is 7.65. The Morgan fingerprint density at radius 2 is 1.02 bits per heavy atom. The molecule has 0 rings (SSSR count). The Balaban J connectivity index is 3.87. The number of phosphoric ester groups is 1. The van der Waals surface area contributed by atoms with Gasteiger partial charge in [0.1, 0.15) is 12.7 Å². The summed E-state index contributed by atoms with van der Waals surface area (Å²) in [4.78, 5) is 45.1. The number of nitrogens with one attached hydrogen (secondary N) is 1. The molecule has 45 heavy (non-hydrogen) atoms. The van der Waals surface area contributed by atoms with Crippen LogP contribution in [0, 0.1) is 0 Å². The van der Waals surface area contributed by atoms with E-state index in [1.165, 1.54) is 89.9 Å². The second-order valence-corrected chi connectivity index (χ2v) is 13.5. The number of aliphatic hydroxyl groups excluding tert-OH is 1. The lowest BCUT2D eigenvalue weighted by Gasteiger charge is -2.18. The van der Waals surface area contributed by atoms with Gasteiger partial charge in [-0.15, -0.1) is 0 Å². The first-order chi connectivity index (χ1) is 21.6. The van der Waals surface area contributed by atoms with Crippen LogP contribution < -0.4 is 5.32 Å². The SMILES string of the molecule is CCCCCCCCCCCCCCCCCCCCC(=O)NC(COP(=O)(O)OCC(O)COC(=O)CCCCC)C(=O)O. The van der Waals surface area contributed by atoms with Gasteiger partial charge in [-0.3, -0.25) is 18.6 Å². The van der Waals surface area contributed by atoms with Crippen molar-refractivity contribution in [2.75, 3.05) is 19.8 Å². The molecule has 266 valence electrons. The molecule has 0 spiro atoms. The first kappa shape index (κ1) is 43.5. The van der Waals surface area contributed by atoms with Crippen molar-refractivity contribution in [3.8, 4) is 0 Å². The first-order valence-corrected chi connectivity index (χ1v) is 19.1. The summed E-state index contributed by atoms with van der Waals surface area (Å²) in [5.41, 5.74) is 0. The predicted molar refractivity (Wildman–Crippen MR) is 176 cm³/mol. The summed E-state index contributed by atoms with van der Waals surface area (Å²) in [5, 5.41) is 21.5. The lowest BCUT2D eigenvalue weighted by molar-refractivity contribution is -0.147. The number of unbranched alkanes of at least 4 members (excludes halogenated alkanes) is 19. The van der Waals surface area contributed by atoms with Crippen LogP contribution in [0.3, 0.4) is 0 Å². The Morgan fingerprint density at radius 1 is 0.622 bits per heavy atom. The van der Waals surface area contributed by atoms with Crippen LogP contribution in [0.5, 0.6) is 0 Å². The maximum Gasteiger partial charge on any atom is 0.472 e. The van der Waals surface area contributed by atoms with E-state index in [1.807, 2.05) is 6.92 Å². The highest BCUT2D eigenvalue weighted by Crippen LogP contribution is 2.43. The molecule has 0 bridgehead atoms. The van der Waals surface area contributed by atoms with Gasteiger partial charge >= 0.3 is 19.8 Å². The van der Waals surface area contributed by atoms with Crippen molar-refractivity contribution in [1.29, 1.82) is 0 Å². The fourth-order valence-electron chi connectivity index (χ4n) is 4.84. The Kier molecular flexibility index (Phi) is 28.8. The van der Waals surface area contributed by atoms with E-state index >= 15 is 0 Å². The van der Waals surface area contributed by atoms with Crippen molar-refractivity contribution in [3.05, 3.63) is 0 Å². The summed E-state index contributed by atoms with van der Waals surface area (Å²) >= 11 is 0. The topological polar surface area (TPSA) is 169 Å². The van der Waals surface area contributed by atoms with Crippen molar-refractivity contribution in [2.45, 2.75) is 174 Å². The van der Waals surface area contributed by atoms with E-state index in [0.717, 1.165) is 32.1 Å². The van der Waals surface area contributed by atoms with E-state index < -0.39 is 57.6 Å². The highest BCUT2D eigenvalue weighted by Gasteiger charge is 2.28. The van der Waals surface area contributed by atoms with Crippen molar-refractivity contribution in [1.82, 2.24) is 5.32 Å². The Bertz CT molecular complexity index is 797. The van der Waals surface area contributed by atoms with Crippen molar-refractivity contribution in [2.24, 2.45) is 0 Å². The summed E-state index contributed by atoms with van der Waals surface area (Å²) < 4.78 is 26.3. The lowest BCUT2D eigenvalue weighted by Crippen LogP contribution is -2.43. The van der Waals surface area contributed by atoms with E-state index in [0.29, 0.717) is 12.8 Å². The highest BCUT2D eigenvalue weighted by molar-refractivity contribution is 7.47. The van der Waals surface area contributed by atoms with E-state index in [9.17, 15) is 34.1 Å². The molecule has 0 saturated carbocycles. The van der Waals surface area contributed by atoms with Gasteiger partial charge in [-0.25, -0.2) is 9.36 Å². The van der Waals surface area contributed by atoms with E-state index in [-0.39, 0.29) is 12.8 Å². The average Bonchev–Trinajstić information content (AvgIpc) is 3.00. The molecule has 0 aliphatic rings. The number of carboxylic acid groups (broad SMARTS) is 1. The van der Waals surface area contributed by atoms with Gasteiger partial charge in [-0.05, 0) is 12.8 Å². The largest absolute Gasteiger partial charge is 0.480 e. The molecule has 11 nitrogen and oxygen atoms in total. The molecule has 0 fully saturated rings. The quantitative estimate of drug-likeness (QED) is 0.0311. The summed E-state index contributed by atoms with van der Waals surface area (Å²) in [6.45, 7) is 2.37. The summed E-state index contributed by atoms with van der Waals surface area (Å²) in [5.74, 6) is -2.39.